The number of fused-ring (bicyclic) bond motifs is 2. The number of hydrogen-bond acceptors (Lipinski definition) is 9. The van der Waals surface area contributed by atoms with E-state index in [1.54, 1.807) is 0 Å². The fourth-order valence-corrected chi connectivity index (χ4v) is 8.11. The van der Waals surface area contributed by atoms with Gasteiger partial charge in [0.1, 0.15) is 17.6 Å². The number of rotatable bonds is 15. The molecule has 46 heavy (non-hydrogen) atoms. The van der Waals surface area contributed by atoms with Gasteiger partial charge in [0.05, 0.1) is 43.7 Å². The molecule has 250 valence electrons. The van der Waals surface area contributed by atoms with Gasteiger partial charge in [-0.25, -0.2) is 13.9 Å². The average molecular weight is 657 g/mol. The summed E-state index contributed by atoms with van der Waals surface area (Å²) in [4.78, 5) is 17.7. The van der Waals surface area contributed by atoms with Crippen LogP contribution in [0.15, 0.2) is 40.8 Å². The molecule has 6 atom stereocenters. The monoisotopic (exact) mass is 656 g/mol. The highest BCUT2D eigenvalue weighted by atomic mass is 31.2. The fraction of sp³-hybridized carbons (Fsp3) is 0.618. The van der Waals surface area contributed by atoms with E-state index in [0.29, 0.717) is 42.4 Å². The van der Waals surface area contributed by atoms with Crippen molar-refractivity contribution in [2.24, 2.45) is 5.41 Å². The second-order valence-electron chi connectivity index (χ2n) is 12.8. The standard InChI is InChI=1S/C34H46FN4O6P/c1-8-23-19-34(23,7)14-17-41-27-12-10-13-28-24(27)18-25-29(43-28)20-38(33(40)37-25)32-30(35)31(26(9-2)44-32)45-46(42-16-11-15-36)39(21(3)4)22(5)6/h10,12-13,19-22,26,30-32H,8-9,11,14,16-18H2,1-7H3. The Bertz CT molecular complexity index is 1520. The molecule has 1 aliphatic carbocycles. The SMILES string of the molecule is CCC1=CC1(C)CCOc1cccc2c1Cc1nc(=O)n(C3OC(CC)C(OP(OCCC#N)N(C(C)C)C(C)C)C3F)cc1O2. The summed E-state index contributed by atoms with van der Waals surface area (Å²) < 4.78 is 50.5. The maximum atomic E-state index is 16.3. The highest BCUT2D eigenvalue weighted by Gasteiger charge is 2.49. The predicted molar refractivity (Wildman–Crippen MR) is 174 cm³/mol. The molecular weight excluding hydrogens is 610 g/mol. The summed E-state index contributed by atoms with van der Waals surface area (Å²) in [6.45, 7) is 15.1. The summed E-state index contributed by atoms with van der Waals surface area (Å²) in [6, 6.07) is 7.81. The molecule has 5 rings (SSSR count). The van der Waals surface area contributed by atoms with Crippen LogP contribution in [0.2, 0.25) is 0 Å². The lowest BCUT2D eigenvalue weighted by molar-refractivity contribution is -0.0276. The van der Waals surface area contributed by atoms with Crippen molar-refractivity contribution in [2.45, 2.75) is 117 Å². The van der Waals surface area contributed by atoms with Crippen molar-refractivity contribution in [1.82, 2.24) is 14.2 Å². The van der Waals surface area contributed by atoms with E-state index in [0.717, 1.165) is 23.0 Å². The van der Waals surface area contributed by atoms with E-state index < -0.39 is 38.8 Å². The summed E-state index contributed by atoms with van der Waals surface area (Å²) in [5, 5.41) is 9.05. The first-order valence-corrected chi connectivity index (χ1v) is 17.5. The number of aromatic nitrogens is 2. The lowest BCUT2D eigenvalue weighted by atomic mass is 9.98. The molecule has 0 saturated carbocycles. The van der Waals surface area contributed by atoms with Crippen molar-refractivity contribution >= 4 is 8.53 Å². The summed E-state index contributed by atoms with van der Waals surface area (Å²) in [5.41, 5.74) is 2.26. The Labute approximate surface area is 272 Å². The largest absolute Gasteiger partial charge is 0.493 e. The Morgan fingerprint density at radius 3 is 2.63 bits per heavy atom. The van der Waals surface area contributed by atoms with E-state index in [9.17, 15) is 4.79 Å². The lowest BCUT2D eigenvalue weighted by Crippen LogP contribution is -2.38. The van der Waals surface area contributed by atoms with Crippen LogP contribution in [0.5, 0.6) is 17.2 Å². The molecule has 0 N–H and O–H groups in total. The van der Waals surface area contributed by atoms with E-state index in [4.69, 9.17) is 28.5 Å². The van der Waals surface area contributed by atoms with Gasteiger partial charge in [-0.1, -0.05) is 38.5 Å². The number of hydrogen-bond donors (Lipinski definition) is 0. The van der Waals surface area contributed by atoms with Crippen molar-refractivity contribution in [2.75, 3.05) is 13.2 Å². The molecule has 12 heteroatoms. The van der Waals surface area contributed by atoms with E-state index in [2.05, 4.69) is 31.0 Å². The van der Waals surface area contributed by atoms with Crippen LogP contribution < -0.4 is 15.2 Å². The highest BCUT2D eigenvalue weighted by Crippen LogP contribution is 2.51. The van der Waals surface area contributed by atoms with Crippen LogP contribution in [0.1, 0.15) is 91.6 Å². The molecule has 1 fully saturated rings. The van der Waals surface area contributed by atoms with E-state index in [1.807, 2.05) is 57.5 Å². The second kappa shape index (κ2) is 14.5. The van der Waals surface area contributed by atoms with Crippen molar-refractivity contribution in [1.29, 1.82) is 5.26 Å². The van der Waals surface area contributed by atoms with Gasteiger partial charge in [-0.05, 0) is 59.1 Å². The molecular formula is C34H46FN4O6P. The normalized spacial score (nSPS) is 25.6. The van der Waals surface area contributed by atoms with Crippen LogP contribution in [0, 0.1) is 16.7 Å². The molecule has 0 bridgehead atoms. The maximum absolute atomic E-state index is 16.3. The summed E-state index contributed by atoms with van der Waals surface area (Å²) >= 11 is 0. The Kier molecular flexibility index (Phi) is 10.9. The summed E-state index contributed by atoms with van der Waals surface area (Å²) in [7, 11) is -1.71. The number of ether oxygens (including phenoxy) is 3. The van der Waals surface area contributed by atoms with Gasteiger partial charge in [0.2, 0.25) is 0 Å². The van der Waals surface area contributed by atoms with Crippen molar-refractivity contribution < 1.29 is 27.6 Å². The minimum atomic E-state index is -1.71. The number of nitrogens with zero attached hydrogens (tertiary/aromatic N) is 4. The lowest BCUT2D eigenvalue weighted by Gasteiger charge is -2.37. The van der Waals surface area contributed by atoms with E-state index >= 15 is 4.39 Å². The van der Waals surface area contributed by atoms with Crippen molar-refractivity contribution in [3.05, 3.63) is 57.8 Å². The topological polar surface area (TPSA) is 108 Å². The minimum absolute atomic E-state index is 0.0512. The smallest absolute Gasteiger partial charge is 0.350 e. The van der Waals surface area contributed by atoms with Gasteiger partial charge >= 0.3 is 5.69 Å². The first-order chi connectivity index (χ1) is 22.0. The van der Waals surface area contributed by atoms with Gasteiger partial charge in [0.25, 0.3) is 8.53 Å². The summed E-state index contributed by atoms with van der Waals surface area (Å²) in [6.07, 6.45) is 2.19. The molecule has 3 aliphatic rings. The molecule has 6 unspecified atom stereocenters. The van der Waals surface area contributed by atoms with Gasteiger partial charge in [-0.3, -0.25) is 4.57 Å². The van der Waals surface area contributed by atoms with Gasteiger partial charge < -0.3 is 23.3 Å². The molecule has 3 heterocycles. The Morgan fingerprint density at radius 2 is 1.98 bits per heavy atom. The van der Waals surface area contributed by atoms with Crippen molar-refractivity contribution in [3.8, 4) is 23.3 Å². The molecule has 1 saturated heterocycles. The zero-order valence-electron chi connectivity index (χ0n) is 27.9. The number of benzene rings is 1. The molecule has 1 aromatic heterocycles. The first kappa shape index (κ1) is 34.5. The van der Waals surface area contributed by atoms with Gasteiger partial charge in [0, 0.05) is 29.5 Å². The Hall–Kier alpha value is -2.87. The molecule has 0 spiro atoms. The van der Waals surface area contributed by atoms with Crippen LogP contribution in [0.3, 0.4) is 0 Å². The molecule has 0 radical (unpaired) electrons. The Morgan fingerprint density at radius 1 is 1.22 bits per heavy atom. The van der Waals surface area contributed by atoms with Gasteiger partial charge in [0.15, 0.2) is 18.1 Å². The average Bonchev–Trinajstić information content (AvgIpc) is 3.58. The number of nitriles is 1. The van der Waals surface area contributed by atoms with Gasteiger partial charge in [-0.15, -0.1) is 0 Å². The molecule has 1 aromatic carbocycles. The zero-order valence-corrected chi connectivity index (χ0v) is 28.8. The highest BCUT2D eigenvalue weighted by molar-refractivity contribution is 7.44. The van der Waals surface area contributed by atoms with Gasteiger partial charge in [-0.2, -0.15) is 10.2 Å². The molecule has 10 nitrogen and oxygen atoms in total. The van der Waals surface area contributed by atoms with Crippen molar-refractivity contribution in [3.63, 3.8) is 0 Å². The van der Waals surface area contributed by atoms with Crippen LogP contribution >= 0.6 is 8.53 Å². The number of alkyl halides is 1. The maximum Gasteiger partial charge on any atom is 0.350 e. The van der Waals surface area contributed by atoms with Crippen LogP contribution in [0.4, 0.5) is 4.39 Å². The van der Waals surface area contributed by atoms with E-state index in [1.165, 1.54) is 11.8 Å². The third-order valence-corrected chi connectivity index (χ3v) is 11.0. The van der Waals surface area contributed by atoms with E-state index in [-0.39, 0.29) is 30.5 Å². The fourth-order valence-electron chi connectivity index (χ4n) is 6.35. The predicted octanol–water partition coefficient (Wildman–Crippen LogP) is 7.37. The minimum Gasteiger partial charge on any atom is -0.493 e. The van der Waals surface area contributed by atoms with Crippen LogP contribution in [-0.2, 0) is 20.2 Å². The third-order valence-electron chi connectivity index (χ3n) is 8.87. The van der Waals surface area contributed by atoms with Crippen LogP contribution in [0.25, 0.3) is 0 Å². The number of halogens is 1. The second-order valence-corrected chi connectivity index (χ2v) is 14.2. The van der Waals surface area contributed by atoms with Crippen LogP contribution in [-0.4, -0.2) is 57.9 Å². The first-order valence-electron chi connectivity index (χ1n) is 16.3. The third kappa shape index (κ3) is 7.17. The Balaban J connectivity index is 1.33. The number of allylic oxidation sites excluding steroid dienone is 2. The zero-order chi connectivity index (χ0) is 33.2. The molecule has 2 aliphatic heterocycles. The molecule has 2 aromatic rings. The quantitative estimate of drug-likeness (QED) is 0.0941. The molecule has 0 amide bonds. The summed E-state index contributed by atoms with van der Waals surface area (Å²) in [5.74, 6) is 1.68.